The van der Waals surface area contributed by atoms with E-state index < -0.39 is 56.5 Å². The predicted molar refractivity (Wildman–Crippen MR) is 124 cm³/mol. The molecule has 1 N–H and O–H groups in total. The van der Waals surface area contributed by atoms with Crippen LogP contribution in [0.15, 0.2) is 71.6 Å². The minimum atomic E-state index is -4.81. The van der Waals surface area contributed by atoms with Crippen LogP contribution in [0.3, 0.4) is 0 Å². The van der Waals surface area contributed by atoms with Crippen LogP contribution in [-0.4, -0.2) is 28.0 Å². The van der Waals surface area contributed by atoms with Gasteiger partial charge in [-0.2, -0.15) is 26.3 Å². The van der Waals surface area contributed by atoms with Gasteiger partial charge < -0.3 is 10.1 Å². The second-order valence-electron chi connectivity index (χ2n) is 7.84. The van der Waals surface area contributed by atoms with E-state index >= 15 is 0 Å². The van der Waals surface area contributed by atoms with E-state index in [9.17, 15) is 39.6 Å². The SMILES string of the molecule is COc1ccc(C)cc1S(=O)(=O)N(CC(=O)Nc1cccc(C(F)(F)F)c1)c1cccc(C(F)(F)F)c1. The number of aryl methyl sites for hydroxylation is 1. The molecule has 0 aliphatic carbocycles. The first kappa shape index (κ1) is 27.8. The third-order valence-corrected chi connectivity index (χ3v) is 6.90. The van der Waals surface area contributed by atoms with Crippen LogP contribution in [-0.2, 0) is 27.2 Å². The van der Waals surface area contributed by atoms with Gasteiger partial charge in [0, 0.05) is 5.69 Å². The van der Waals surface area contributed by atoms with E-state index in [-0.39, 0.29) is 11.4 Å². The van der Waals surface area contributed by atoms with Crippen LogP contribution < -0.4 is 14.4 Å². The van der Waals surface area contributed by atoms with Gasteiger partial charge in [0.1, 0.15) is 17.2 Å². The van der Waals surface area contributed by atoms with Gasteiger partial charge in [-0.1, -0.05) is 18.2 Å². The zero-order valence-corrected chi connectivity index (χ0v) is 20.1. The lowest BCUT2D eigenvalue weighted by molar-refractivity contribution is -0.138. The third-order valence-electron chi connectivity index (χ3n) is 5.11. The number of methoxy groups -OCH3 is 1. The lowest BCUT2D eigenvalue weighted by Gasteiger charge is -2.26. The molecule has 37 heavy (non-hydrogen) atoms. The molecule has 0 radical (unpaired) electrons. The second-order valence-corrected chi connectivity index (χ2v) is 9.67. The molecule has 0 heterocycles. The predicted octanol–water partition coefficient (Wildman–Crippen LogP) is 5.88. The summed E-state index contributed by atoms with van der Waals surface area (Å²) in [5.41, 5.74) is -2.51. The van der Waals surface area contributed by atoms with Gasteiger partial charge in [0.25, 0.3) is 10.0 Å². The summed E-state index contributed by atoms with van der Waals surface area (Å²) in [4.78, 5) is 12.4. The van der Waals surface area contributed by atoms with E-state index in [4.69, 9.17) is 4.74 Å². The average molecular weight is 546 g/mol. The first-order valence-corrected chi connectivity index (χ1v) is 11.9. The number of halogens is 6. The highest BCUT2D eigenvalue weighted by Crippen LogP contribution is 2.35. The molecule has 0 unspecified atom stereocenters. The number of benzene rings is 3. The van der Waals surface area contributed by atoms with Gasteiger partial charge in [-0.25, -0.2) is 8.42 Å². The first-order valence-electron chi connectivity index (χ1n) is 10.4. The Morgan fingerprint density at radius 2 is 1.49 bits per heavy atom. The Morgan fingerprint density at radius 3 is 2.08 bits per heavy atom. The van der Waals surface area contributed by atoms with E-state index in [1.165, 1.54) is 19.2 Å². The highest BCUT2D eigenvalue weighted by molar-refractivity contribution is 7.93. The minimum absolute atomic E-state index is 0.124. The number of sulfonamides is 1. The van der Waals surface area contributed by atoms with Crippen molar-refractivity contribution in [3.8, 4) is 5.75 Å². The van der Waals surface area contributed by atoms with Crippen molar-refractivity contribution < 1.29 is 44.3 Å². The van der Waals surface area contributed by atoms with Crippen molar-refractivity contribution in [3.63, 3.8) is 0 Å². The summed E-state index contributed by atoms with van der Waals surface area (Å²) in [7, 11) is -3.51. The summed E-state index contributed by atoms with van der Waals surface area (Å²) in [6, 6.07) is 11.0. The highest BCUT2D eigenvalue weighted by Gasteiger charge is 2.35. The molecule has 0 bridgehead atoms. The van der Waals surface area contributed by atoms with Crippen LogP contribution in [0.5, 0.6) is 5.75 Å². The lowest BCUT2D eigenvalue weighted by Crippen LogP contribution is -2.38. The van der Waals surface area contributed by atoms with Crippen LogP contribution >= 0.6 is 0 Å². The zero-order valence-electron chi connectivity index (χ0n) is 19.3. The number of anilines is 2. The topological polar surface area (TPSA) is 75.7 Å². The Morgan fingerprint density at radius 1 is 0.892 bits per heavy atom. The molecule has 3 aromatic carbocycles. The summed E-state index contributed by atoms with van der Waals surface area (Å²) in [5.74, 6) is -1.22. The zero-order chi connectivity index (χ0) is 27.6. The Hall–Kier alpha value is -3.74. The molecule has 0 fully saturated rings. The number of ether oxygens (including phenoxy) is 1. The molecule has 0 aliphatic rings. The molecular weight excluding hydrogens is 526 g/mol. The number of hydrogen-bond donors (Lipinski definition) is 1. The number of carbonyl (C=O) groups is 1. The van der Waals surface area contributed by atoms with Crippen molar-refractivity contribution >= 4 is 27.3 Å². The third kappa shape index (κ3) is 6.53. The summed E-state index contributed by atoms with van der Waals surface area (Å²) in [5, 5.41) is 2.16. The molecule has 1 amide bonds. The standard InChI is InChI=1S/C24H20F6N2O4S/c1-15-9-10-20(36-2)21(11-15)37(34,35)32(19-8-4-6-17(13-19)24(28,29)30)14-22(33)31-18-7-3-5-16(12-18)23(25,26)27/h3-13H,14H2,1-2H3,(H,31,33). The van der Waals surface area contributed by atoms with Gasteiger partial charge >= 0.3 is 12.4 Å². The maximum atomic E-state index is 13.6. The molecule has 198 valence electrons. The van der Waals surface area contributed by atoms with E-state index in [1.807, 2.05) is 0 Å². The largest absolute Gasteiger partial charge is 0.495 e. The van der Waals surface area contributed by atoms with E-state index in [1.54, 1.807) is 13.0 Å². The molecule has 6 nitrogen and oxygen atoms in total. The van der Waals surface area contributed by atoms with Crippen LogP contribution in [0.1, 0.15) is 16.7 Å². The number of carbonyl (C=O) groups excluding carboxylic acids is 1. The van der Waals surface area contributed by atoms with E-state index in [0.29, 0.717) is 22.0 Å². The molecule has 0 atom stereocenters. The maximum absolute atomic E-state index is 13.6. The van der Waals surface area contributed by atoms with Crippen molar-refractivity contribution in [2.45, 2.75) is 24.2 Å². The van der Waals surface area contributed by atoms with Crippen molar-refractivity contribution in [2.75, 3.05) is 23.3 Å². The molecule has 0 saturated carbocycles. The number of nitrogens with one attached hydrogen (secondary N) is 1. The Balaban J connectivity index is 2.07. The summed E-state index contributed by atoms with van der Waals surface area (Å²) in [6.45, 7) is 0.532. The highest BCUT2D eigenvalue weighted by atomic mass is 32.2. The molecule has 3 rings (SSSR count). The van der Waals surface area contributed by atoms with Crippen LogP contribution in [0, 0.1) is 6.92 Å². The van der Waals surface area contributed by atoms with Gasteiger partial charge in [-0.3, -0.25) is 9.10 Å². The molecule has 3 aromatic rings. The Kier molecular flexibility index (Phi) is 7.77. The van der Waals surface area contributed by atoms with Crippen LogP contribution in [0.2, 0.25) is 0 Å². The number of alkyl halides is 6. The molecular formula is C24H20F6N2O4S. The van der Waals surface area contributed by atoms with Crippen molar-refractivity contribution in [2.24, 2.45) is 0 Å². The van der Waals surface area contributed by atoms with Gasteiger partial charge in [0.2, 0.25) is 5.91 Å². The van der Waals surface area contributed by atoms with Gasteiger partial charge in [-0.05, 0) is 61.0 Å². The fraction of sp³-hybridized carbons (Fsp3) is 0.208. The summed E-state index contributed by atoms with van der Waals surface area (Å²) >= 11 is 0. The lowest BCUT2D eigenvalue weighted by atomic mass is 10.2. The Labute approximate surface area is 208 Å². The second kappa shape index (κ2) is 10.3. The van der Waals surface area contributed by atoms with Gasteiger partial charge in [0.05, 0.1) is 23.9 Å². The average Bonchev–Trinajstić information content (AvgIpc) is 2.81. The number of amides is 1. The van der Waals surface area contributed by atoms with Crippen molar-refractivity contribution in [1.29, 1.82) is 0 Å². The minimum Gasteiger partial charge on any atom is -0.495 e. The molecule has 0 aliphatic heterocycles. The molecule has 0 aromatic heterocycles. The fourth-order valence-corrected chi connectivity index (χ4v) is 5.02. The fourth-order valence-electron chi connectivity index (χ4n) is 3.36. The number of rotatable bonds is 7. The molecule has 0 saturated heterocycles. The van der Waals surface area contributed by atoms with Crippen molar-refractivity contribution in [1.82, 2.24) is 0 Å². The maximum Gasteiger partial charge on any atom is 0.416 e. The van der Waals surface area contributed by atoms with E-state index in [2.05, 4.69) is 5.32 Å². The smallest absolute Gasteiger partial charge is 0.416 e. The Bertz CT molecular complexity index is 1400. The number of nitrogens with zero attached hydrogens (tertiary/aromatic N) is 1. The molecule has 13 heteroatoms. The van der Waals surface area contributed by atoms with Crippen LogP contribution in [0.25, 0.3) is 0 Å². The summed E-state index contributed by atoms with van der Waals surface area (Å²) in [6.07, 6.45) is -9.51. The van der Waals surface area contributed by atoms with E-state index in [0.717, 1.165) is 36.4 Å². The first-order chi connectivity index (χ1) is 17.1. The quantitative estimate of drug-likeness (QED) is 0.376. The van der Waals surface area contributed by atoms with Gasteiger partial charge in [-0.15, -0.1) is 0 Å². The van der Waals surface area contributed by atoms with Crippen molar-refractivity contribution in [3.05, 3.63) is 83.4 Å². The molecule has 0 spiro atoms. The normalized spacial score (nSPS) is 12.2. The van der Waals surface area contributed by atoms with Gasteiger partial charge in [0.15, 0.2) is 0 Å². The summed E-state index contributed by atoms with van der Waals surface area (Å²) < 4.78 is 112. The monoisotopic (exact) mass is 546 g/mol. The number of hydrogen-bond acceptors (Lipinski definition) is 4. The van der Waals surface area contributed by atoms with Crippen LogP contribution in [0.4, 0.5) is 37.7 Å².